The number of carbonyl (C=O) groups excluding carboxylic acids is 1. The van der Waals surface area contributed by atoms with Crippen LogP contribution in [0.1, 0.15) is 35.0 Å². The molecule has 1 amide bonds. The molecule has 0 aliphatic rings. The lowest BCUT2D eigenvalue weighted by Gasteiger charge is -2.08. The zero-order chi connectivity index (χ0) is 13.7. The second kappa shape index (κ2) is 6.87. The van der Waals surface area contributed by atoms with Crippen LogP contribution in [-0.2, 0) is 6.42 Å². The first-order valence-electron chi connectivity index (χ1n) is 6.34. The second-order valence-electron chi connectivity index (χ2n) is 4.35. The summed E-state index contributed by atoms with van der Waals surface area (Å²) < 4.78 is 0.936. The highest BCUT2D eigenvalue weighted by atomic mass is 79.9. The first-order valence-corrected chi connectivity index (χ1v) is 8.01. The lowest BCUT2D eigenvalue weighted by atomic mass is 10.1. The van der Waals surface area contributed by atoms with E-state index in [1.165, 1.54) is 29.7 Å². The van der Waals surface area contributed by atoms with E-state index in [0.717, 1.165) is 21.5 Å². The zero-order valence-corrected chi connectivity index (χ0v) is 13.2. The number of amides is 1. The molecule has 1 heterocycles. The van der Waals surface area contributed by atoms with Gasteiger partial charge in [-0.05, 0) is 57.9 Å². The summed E-state index contributed by atoms with van der Waals surface area (Å²) in [4.78, 5) is 12.7. The molecule has 0 saturated carbocycles. The largest absolute Gasteiger partial charge is 0.320 e. The summed E-state index contributed by atoms with van der Waals surface area (Å²) in [6.45, 7) is 2.19. The number of thiophene rings is 1. The van der Waals surface area contributed by atoms with Gasteiger partial charge < -0.3 is 5.32 Å². The molecule has 1 aromatic carbocycles. The predicted octanol–water partition coefficient (Wildman–Crippen LogP) is 5.11. The topological polar surface area (TPSA) is 29.1 Å². The van der Waals surface area contributed by atoms with Gasteiger partial charge in [-0.25, -0.2) is 0 Å². The van der Waals surface area contributed by atoms with Crippen molar-refractivity contribution in [3.8, 4) is 0 Å². The van der Waals surface area contributed by atoms with Crippen molar-refractivity contribution >= 4 is 38.9 Å². The van der Waals surface area contributed by atoms with E-state index in [2.05, 4.69) is 40.3 Å². The lowest BCUT2D eigenvalue weighted by Crippen LogP contribution is -2.10. The van der Waals surface area contributed by atoms with E-state index in [-0.39, 0.29) is 5.91 Å². The average Bonchev–Trinajstić information content (AvgIpc) is 2.93. The Morgan fingerprint density at radius 2 is 2.21 bits per heavy atom. The molecule has 0 bridgehead atoms. The summed E-state index contributed by atoms with van der Waals surface area (Å²) in [7, 11) is 0. The van der Waals surface area contributed by atoms with Crippen molar-refractivity contribution in [1.82, 2.24) is 0 Å². The maximum Gasteiger partial charge on any atom is 0.265 e. The number of unbranched alkanes of at least 4 members (excludes halogenated alkanes) is 1. The minimum absolute atomic E-state index is 0.0583. The van der Waals surface area contributed by atoms with Crippen LogP contribution in [-0.4, -0.2) is 5.91 Å². The number of anilines is 1. The fourth-order valence-electron chi connectivity index (χ4n) is 1.79. The normalized spacial score (nSPS) is 10.4. The van der Waals surface area contributed by atoms with Gasteiger partial charge in [0.2, 0.25) is 0 Å². The van der Waals surface area contributed by atoms with E-state index in [0.29, 0.717) is 0 Å². The third kappa shape index (κ3) is 3.91. The Morgan fingerprint density at radius 3 is 2.84 bits per heavy atom. The zero-order valence-electron chi connectivity index (χ0n) is 10.8. The molecule has 1 aromatic heterocycles. The van der Waals surface area contributed by atoms with E-state index in [9.17, 15) is 4.79 Å². The first-order chi connectivity index (χ1) is 9.20. The van der Waals surface area contributed by atoms with Crippen LogP contribution < -0.4 is 5.32 Å². The van der Waals surface area contributed by atoms with Gasteiger partial charge >= 0.3 is 0 Å². The fourth-order valence-corrected chi connectivity index (χ4v) is 2.93. The van der Waals surface area contributed by atoms with Crippen LogP contribution in [0, 0.1) is 0 Å². The lowest BCUT2D eigenvalue weighted by molar-refractivity contribution is 0.103. The second-order valence-corrected chi connectivity index (χ2v) is 6.15. The molecule has 0 spiro atoms. The summed E-state index contributed by atoms with van der Waals surface area (Å²) in [5.74, 6) is -0.0583. The smallest absolute Gasteiger partial charge is 0.265 e. The number of hydrogen-bond acceptors (Lipinski definition) is 2. The Morgan fingerprint density at radius 1 is 1.37 bits per heavy atom. The van der Waals surface area contributed by atoms with Gasteiger partial charge in [0.25, 0.3) is 5.91 Å². The molecule has 4 heteroatoms. The average molecular weight is 338 g/mol. The van der Waals surface area contributed by atoms with Gasteiger partial charge in [0.1, 0.15) is 0 Å². The third-order valence-electron chi connectivity index (χ3n) is 2.85. The van der Waals surface area contributed by atoms with Gasteiger partial charge in [-0.1, -0.05) is 25.5 Å². The highest BCUT2D eigenvalue weighted by molar-refractivity contribution is 9.10. The highest BCUT2D eigenvalue weighted by Crippen LogP contribution is 2.25. The van der Waals surface area contributed by atoms with Crippen LogP contribution in [0.5, 0.6) is 0 Å². The van der Waals surface area contributed by atoms with Crippen LogP contribution in [0.4, 0.5) is 5.69 Å². The summed E-state index contributed by atoms with van der Waals surface area (Å²) in [6.07, 6.45) is 3.45. The number of benzene rings is 1. The number of rotatable bonds is 5. The molecule has 0 aliphatic carbocycles. The van der Waals surface area contributed by atoms with Crippen molar-refractivity contribution < 1.29 is 4.79 Å². The first kappa shape index (κ1) is 14.3. The molecule has 0 saturated heterocycles. The Bertz CT molecular complexity index is 551. The van der Waals surface area contributed by atoms with Gasteiger partial charge in [0, 0.05) is 4.47 Å². The number of carbonyl (C=O) groups is 1. The van der Waals surface area contributed by atoms with Gasteiger partial charge in [0.05, 0.1) is 10.6 Å². The summed E-state index contributed by atoms with van der Waals surface area (Å²) in [6, 6.07) is 9.82. The molecular formula is C15H16BrNOS. The molecule has 19 heavy (non-hydrogen) atoms. The molecule has 0 radical (unpaired) electrons. The summed E-state index contributed by atoms with van der Waals surface area (Å²) in [5, 5.41) is 4.82. The molecule has 2 aromatic rings. The molecular weight excluding hydrogens is 322 g/mol. The van der Waals surface area contributed by atoms with Gasteiger partial charge in [0.15, 0.2) is 0 Å². The molecule has 1 N–H and O–H groups in total. The van der Waals surface area contributed by atoms with Crippen molar-refractivity contribution in [3.63, 3.8) is 0 Å². The Hall–Kier alpha value is -1.13. The Labute approximate surface area is 126 Å². The number of hydrogen-bond donors (Lipinski definition) is 1. The fraction of sp³-hybridized carbons (Fsp3) is 0.267. The van der Waals surface area contributed by atoms with Crippen molar-refractivity contribution in [2.75, 3.05) is 5.32 Å². The predicted molar refractivity (Wildman–Crippen MR) is 85.0 cm³/mol. The SMILES string of the molecule is CCCCc1ccc(NC(=O)c2cccs2)c(Br)c1. The van der Waals surface area contributed by atoms with Crippen LogP contribution in [0.3, 0.4) is 0 Å². The van der Waals surface area contributed by atoms with Crippen molar-refractivity contribution in [2.24, 2.45) is 0 Å². The standard InChI is InChI=1S/C15H16BrNOS/c1-2-3-5-11-7-8-13(12(16)10-11)17-15(18)14-6-4-9-19-14/h4,6-10H,2-3,5H2,1H3,(H,17,18). The van der Waals surface area contributed by atoms with Crippen LogP contribution in [0.25, 0.3) is 0 Å². The van der Waals surface area contributed by atoms with E-state index in [1.807, 2.05) is 23.6 Å². The number of nitrogens with one attached hydrogen (secondary N) is 1. The van der Waals surface area contributed by atoms with Crippen molar-refractivity contribution in [3.05, 3.63) is 50.6 Å². The molecule has 0 fully saturated rings. The summed E-state index contributed by atoms with van der Waals surface area (Å²) >= 11 is 4.96. The van der Waals surface area contributed by atoms with Crippen LogP contribution in [0.2, 0.25) is 0 Å². The van der Waals surface area contributed by atoms with Gasteiger partial charge in [-0.15, -0.1) is 11.3 Å². The maximum atomic E-state index is 12.0. The number of halogens is 1. The van der Waals surface area contributed by atoms with Gasteiger partial charge in [-0.3, -0.25) is 4.79 Å². The molecule has 2 rings (SSSR count). The quantitative estimate of drug-likeness (QED) is 0.807. The summed E-state index contributed by atoms with van der Waals surface area (Å²) in [5.41, 5.74) is 2.11. The third-order valence-corrected chi connectivity index (χ3v) is 4.37. The number of aryl methyl sites for hydroxylation is 1. The highest BCUT2D eigenvalue weighted by Gasteiger charge is 2.09. The minimum Gasteiger partial charge on any atom is -0.320 e. The molecule has 0 unspecified atom stereocenters. The monoisotopic (exact) mass is 337 g/mol. The molecule has 0 atom stereocenters. The van der Waals surface area contributed by atoms with Crippen LogP contribution >= 0.6 is 27.3 Å². The van der Waals surface area contributed by atoms with E-state index in [4.69, 9.17) is 0 Å². The van der Waals surface area contributed by atoms with E-state index in [1.54, 1.807) is 0 Å². The molecule has 100 valence electrons. The minimum atomic E-state index is -0.0583. The Kier molecular flexibility index (Phi) is 5.16. The molecule has 0 aliphatic heterocycles. The van der Waals surface area contributed by atoms with Crippen LogP contribution in [0.15, 0.2) is 40.2 Å². The van der Waals surface area contributed by atoms with Gasteiger partial charge in [-0.2, -0.15) is 0 Å². The maximum absolute atomic E-state index is 12.0. The molecule has 2 nitrogen and oxygen atoms in total. The van der Waals surface area contributed by atoms with E-state index >= 15 is 0 Å². The Balaban J connectivity index is 2.07. The van der Waals surface area contributed by atoms with E-state index < -0.39 is 0 Å². The van der Waals surface area contributed by atoms with Crippen molar-refractivity contribution in [2.45, 2.75) is 26.2 Å². The van der Waals surface area contributed by atoms with Crippen molar-refractivity contribution in [1.29, 1.82) is 0 Å².